The lowest BCUT2D eigenvalue weighted by Gasteiger charge is -2.22. The summed E-state index contributed by atoms with van der Waals surface area (Å²) in [5.74, 6) is -5.26. The van der Waals surface area contributed by atoms with E-state index in [1.54, 1.807) is 27.7 Å². The van der Waals surface area contributed by atoms with Gasteiger partial charge in [-0.3, -0.25) is 9.59 Å². The van der Waals surface area contributed by atoms with Gasteiger partial charge in [-0.2, -0.15) is 0 Å². The number of amides is 2. The van der Waals surface area contributed by atoms with Gasteiger partial charge in [-0.15, -0.1) is 0 Å². The molecule has 1 aliphatic carbocycles. The third-order valence-corrected chi connectivity index (χ3v) is 4.82. The maximum Gasteiger partial charge on any atom is 0.408 e. The van der Waals surface area contributed by atoms with Crippen molar-refractivity contribution < 1.29 is 33.8 Å². The first-order valence-corrected chi connectivity index (χ1v) is 10.3. The Bertz CT molecular complexity index is 804. The predicted molar refractivity (Wildman–Crippen MR) is 111 cm³/mol. The summed E-state index contributed by atoms with van der Waals surface area (Å²) in [6.07, 6.45) is -0.343. The molecule has 170 valence electrons. The molecule has 0 saturated heterocycles. The summed E-state index contributed by atoms with van der Waals surface area (Å²) in [6, 6.07) is 8.08. The van der Waals surface area contributed by atoms with Crippen LogP contribution in [-0.4, -0.2) is 53.8 Å². The number of carbonyl (C=O) groups excluding carboxylic acids is 3. The lowest BCUT2D eigenvalue weighted by molar-refractivity contribution is -0.146. The minimum Gasteiger partial charge on any atom is -0.480 e. The van der Waals surface area contributed by atoms with Crippen LogP contribution < -0.4 is 10.6 Å². The first-order valence-electron chi connectivity index (χ1n) is 10.3. The standard InChI is InChI=1S/C22H30N2O7/c1-5-30-20(28)16-14(17(19(26)27)24-21(29)31-22(2,3)4)15(16)18(25)23-12-11-13-9-7-6-8-10-13/h6-10,14-17H,5,11-12H2,1-4H3,(H,23,25)(H,24,29)(H,26,27). The molecule has 4 unspecified atom stereocenters. The Morgan fingerprint density at radius 1 is 1.10 bits per heavy atom. The van der Waals surface area contributed by atoms with Crippen LogP contribution >= 0.6 is 0 Å². The number of carboxylic acid groups (broad SMARTS) is 1. The van der Waals surface area contributed by atoms with Crippen molar-refractivity contribution in [1.29, 1.82) is 0 Å². The van der Waals surface area contributed by atoms with E-state index in [4.69, 9.17) is 9.47 Å². The molecule has 1 fully saturated rings. The molecule has 1 aromatic carbocycles. The van der Waals surface area contributed by atoms with E-state index in [-0.39, 0.29) is 6.61 Å². The maximum atomic E-state index is 12.7. The molecule has 0 bridgehead atoms. The summed E-state index contributed by atoms with van der Waals surface area (Å²) in [6.45, 7) is 6.98. The predicted octanol–water partition coefficient (Wildman–Crippen LogP) is 1.75. The molecule has 0 aliphatic heterocycles. The Kier molecular flexibility index (Phi) is 8.01. The van der Waals surface area contributed by atoms with E-state index < -0.39 is 53.3 Å². The van der Waals surface area contributed by atoms with E-state index in [9.17, 15) is 24.3 Å². The van der Waals surface area contributed by atoms with Gasteiger partial charge in [-0.25, -0.2) is 9.59 Å². The normalized spacial score (nSPS) is 20.8. The van der Waals surface area contributed by atoms with Crippen LogP contribution in [0.2, 0.25) is 0 Å². The number of benzene rings is 1. The number of ether oxygens (including phenoxy) is 2. The van der Waals surface area contributed by atoms with Gasteiger partial charge in [-0.1, -0.05) is 30.3 Å². The highest BCUT2D eigenvalue weighted by molar-refractivity contribution is 5.94. The second-order valence-corrected chi connectivity index (χ2v) is 8.37. The summed E-state index contributed by atoms with van der Waals surface area (Å²) < 4.78 is 10.1. The molecule has 1 saturated carbocycles. The van der Waals surface area contributed by atoms with Gasteiger partial charge >= 0.3 is 18.0 Å². The van der Waals surface area contributed by atoms with Crippen molar-refractivity contribution in [2.75, 3.05) is 13.2 Å². The first kappa shape index (κ1) is 24.2. The second kappa shape index (κ2) is 10.3. The summed E-state index contributed by atoms with van der Waals surface area (Å²) in [5.41, 5.74) is 0.206. The van der Waals surface area contributed by atoms with Crippen LogP contribution in [0.15, 0.2) is 30.3 Å². The second-order valence-electron chi connectivity index (χ2n) is 8.37. The van der Waals surface area contributed by atoms with Gasteiger partial charge in [-0.05, 0) is 39.7 Å². The monoisotopic (exact) mass is 434 g/mol. The molecule has 2 rings (SSSR count). The number of aliphatic carboxylic acids is 1. The Morgan fingerprint density at radius 2 is 1.74 bits per heavy atom. The van der Waals surface area contributed by atoms with Crippen LogP contribution in [0.4, 0.5) is 4.79 Å². The molecule has 3 N–H and O–H groups in total. The third-order valence-electron chi connectivity index (χ3n) is 4.82. The fraction of sp³-hybridized carbons (Fsp3) is 0.545. The molecule has 9 heteroatoms. The van der Waals surface area contributed by atoms with Crippen LogP contribution in [0.3, 0.4) is 0 Å². The molecule has 2 amide bonds. The summed E-state index contributed by atoms with van der Waals surface area (Å²) in [7, 11) is 0. The van der Waals surface area contributed by atoms with E-state index >= 15 is 0 Å². The van der Waals surface area contributed by atoms with Crippen LogP contribution in [0, 0.1) is 17.8 Å². The van der Waals surface area contributed by atoms with Crippen LogP contribution in [0.5, 0.6) is 0 Å². The minimum atomic E-state index is -1.46. The lowest BCUT2D eigenvalue weighted by Crippen LogP contribution is -2.46. The van der Waals surface area contributed by atoms with Gasteiger partial charge in [0.15, 0.2) is 0 Å². The van der Waals surface area contributed by atoms with Gasteiger partial charge in [0.25, 0.3) is 0 Å². The number of esters is 1. The summed E-state index contributed by atoms with van der Waals surface area (Å²) >= 11 is 0. The van der Waals surface area contributed by atoms with E-state index in [2.05, 4.69) is 10.6 Å². The first-order chi connectivity index (χ1) is 14.5. The van der Waals surface area contributed by atoms with Crippen molar-refractivity contribution in [2.24, 2.45) is 17.8 Å². The van der Waals surface area contributed by atoms with E-state index in [0.717, 1.165) is 5.56 Å². The Labute approximate surface area is 181 Å². The van der Waals surface area contributed by atoms with E-state index in [0.29, 0.717) is 13.0 Å². The average Bonchev–Trinajstić information content (AvgIpc) is 3.41. The molecule has 1 aromatic rings. The van der Waals surface area contributed by atoms with Crippen LogP contribution in [-0.2, 0) is 30.3 Å². The zero-order valence-electron chi connectivity index (χ0n) is 18.2. The lowest BCUT2D eigenvalue weighted by atomic mass is 10.1. The highest BCUT2D eigenvalue weighted by Crippen LogP contribution is 2.49. The molecule has 31 heavy (non-hydrogen) atoms. The van der Waals surface area contributed by atoms with Crippen molar-refractivity contribution in [3.63, 3.8) is 0 Å². The van der Waals surface area contributed by atoms with Crippen molar-refractivity contribution in [3.8, 4) is 0 Å². The van der Waals surface area contributed by atoms with E-state index in [1.165, 1.54) is 0 Å². The molecule has 0 heterocycles. The van der Waals surface area contributed by atoms with Crippen molar-refractivity contribution in [3.05, 3.63) is 35.9 Å². The smallest absolute Gasteiger partial charge is 0.408 e. The van der Waals surface area contributed by atoms with Crippen molar-refractivity contribution >= 4 is 23.9 Å². The van der Waals surface area contributed by atoms with Crippen molar-refractivity contribution in [2.45, 2.75) is 45.8 Å². The molecule has 0 spiro atoms. The Hall–Kier alpha value is -3.10. The number of carboxylic acids is 1. The fourth-order valence-electron chi connectivity index (χ4n) is 3.48. The van der Waals surface area contributed by atoms with E-state index in [1.807, 2.05) is 30.3 Å². The average molecular weight is 434 g/mol. The zero-order chi connectivity index (χ0) is 23.2. The molecular weight excluding hydrogens is 404 g/mol. The number of hydrogen-bond acceptors (Lipinski definition) is 6. The van der Waals surface area contributed by atoms with Crippen LogP contribution in [0.25, 0.3) is 0 Å². The fourth-order valence-corrected chi connectivity index (χ4v) is 3.48. The number of rotatable bonds is 9. The number of alkyl carbamates (subject to hydrolysis) is 1. The summed E-state index contributed by atoms with van der Waals surface area (Å²) in [5, 5.41) is 14.7. The highest BCUT2D eigenvalue weighted by Gasteiger charge is 2.64. The Balaban J connectivity index is 2.07. The maximum absolute atomic E-state index is 12.7. The third kappa shape index (κ3) is 6.97. The van der Waals surface area contributed by atoms with Gasteiger partial charge in [0.2, 0.25) is 5.91 Å². The Morgan fingerprint density at radius 3 is 2.29 bits per heavy atom. The van der Waals surface area contributed by atoms with Crippen molar-refractivity contribution in [1.82, 2.24) is 10.6 Å². The van der Waals surface area contributed by atoms with Gasteiger partial charge in [0, 0.05) is 12.5 Å². The summed E-state index contributed by atoms with van der Waals surface area (Å²) in [4.78, 5) is 49.0. The highest BCUT2D eigenvalue weighted by atomic mass is 16.6. The molecule has 1 aliphatic rings. The largest absolute Gasteiger partial charge is 0.480 e. The van der Waals surface area contributed by atoms with Crippen LogP contribution in [0.1, 0.15) is 33.3 Å². The van der Waals surface area contributed by atoms with Gasteiger partial charge in [0.05, 0.1) is 18.4 Å². The molecule has 9 nitrogen and oxygen atoms in total. The molecular formula is C22H30N2O7. The molecule has 0 radical (unpaired) electrons. The number of hydrogen-bond donors (Lipinski definition) is 3. The number of carbonyl (C=O) groups is 4. The minimum absolute atomic E-state index is 0.0988. The molecule has 0 aromatic heterocycles. The zero-order valence-corrected chi connectivity index (χ0v) is 18.2. The van der Waals surface area contributed by atoms with Gasteiger partial charge in [0.1, 0.15) is 11.6 Å². The quantitative estimate of drug-likeness (QED) is 0.505. The van der Waals surface area contributed by atoms with Gasteiger partial charge < -0.3 is 25.2 Å². The SMILES string of the molecule is CCOC(=O)C1C(C(=O)NCCc2ccccc2)C1C(NC(=O)OC(C)(C)C)C(=O)O. The number of nitrogens with one attached hydrogen (secondary N) is 2. The molecule has 4 atom stereocenters. The topological polar surface area (TPSA) is 131 Å².